The van der Waals surface area contributed by atoms with Crippen molar-refractivity contribution in [3.8, 4) is 0 Å². The number of rotatable bonds is 3. The lowest BCUT2D eigenvalue weighted by atomic mass is 10.1. The van der Waals surface area contributed by atoms with Gasteiger partial charge in [0.2, 0.25) is 0 Å². The van der Waals surface area contributed by atoms with Crippen molar-refractivity contribution >= 4 is 0 Å². The van der Waals surface area contributed by atoms with E-state index in [1.165, 1.54) is 0 Å². The van der Waals surface area contributed by atoms with Crippen molar-refractivity contribution in [1.29, 1.82) is 0 Å². The minimum absolute atomic E-state index is 0.236. The molecule has 0 amide bonds. The Kier molecular flexibility index (Phi) is 3.77. The summed E-state index contributed by atoms with van der Waals surface area (Å²) >= 11 is 0. The molecule has 0 aromatic carbocycles. The third-order valence-electron chi connectivity index (χ3n) is 1.26. The maximum absolute atomic E-state index is 8.86. The van der Waals surface area contributed by atoms with E-state index in [4.69, 9.17) is 10.9 Å². The van der Waals surface area contributed by atoms with Crippen LogP contribution in [0.25, 0.3) is 0 Å². The average molecular weight is 118 g/mol. The molecule has 3 heteroatoms. The SMILES string of the molecule is CC(O)[C@@H](C)CNN. The summed E-state index contributed by atoms with van der Waals surface area (Å²) in [6, 6.07) is 0. The largest absolute Gasteiger partial charge is 0.393 e. The molecule has 8 heavy (non-hydrogen) atoms. The van der Waals surface area contributed by atoms with Crippen LogP contribution in [0.5, 0.6) is 0 Å². The van der Waals surface area contributed by atoms with Gasteiger partial charge in [-0.2, -0.15) is 0 Å². The van der Waals surface area contributed by atoms with Crippen LogP contribution in [0.2, 0.25) is 0 Å². The van der Waals surface area contributed by atoms with Gasteiger partial charge in [-0.3, -0.25) is 11.3 Å². The second-order valence-corrected chi connectivity index (χ2v) is 2.13. The molecular formula is C5H14N2O. The lowest BCUT2D eigenvalue weighted by Crippen LogP contribution is -2.32. The topological polar surface area (TPSA) is 58.3 Å². The Balaban J connectivity index is 3.17. The fraction of sp³-hybridized carbons (Fsp3) is 1.00. The van der Waals surface area contributed by atoms with Gasteiger partial charge in [0, 0.05) is 6.54 Å². The normalized spacial score (nSPS) is 18.0. The minimum Gasteiger partial charge on any atom is -0.393 e. The maximum Gasteiger partial charge on any atom is 0.0550 e. The van der Waals surface area contributed by atoms with Crippen molar-refractivity contribution in [3.63, 3.8) is 0 Å². The van der Waals surface area contributed by atoms with Crippen LogP contribution < -0.4 is 11.3 Å². The first-order valence-electron chi connectivity index (χ1n) is 2.80. The highest BCUT2D eigenvalue weighted by molar-refractivity contribution is 4.58. The number of hydrazine groups is 1. The maximum atomic E-state index is 8.86. The molecule has 1 unspecified atom stereocenters. The molecule has 0 aromatic heterocycles. The smallest absolute Gasteiger partial charge is 0.0550 e. The second-order valence-electron chi connectivity index (χ2n) is 2.13. The summed E-state index contributed by atoms with van der Waals surface area (Å²) in [4.78, 5) is 0. The van der Waals surface area contributed by atoms with E-state index in [9.17, 15) is 0 Å². The van der Waals surface area contributed by atoms with Crippen LogP contribution in [0.4, 0.5) is 0 Å². The van der Waals surface area contributed by atoms with Crippen molar-refractivity contribution < 1.29 is 5.11 Å². The van der Waals surface area contributed by atoms with Crippen molar-refractivity contribution in [1.82, 2.24) is 5.43 Å². The number of aliphatic hydroxyl groups is 1. The number of hydrogen-bond acceptors (Lipinski definition) is 3. The van der Waals surface area contributed by atoms with Gasteiger partial charge in [0.05, 0.1) is 6.10 Å². The molecule has 0 aliphatic rings. The van der Waals surface area contributed by atoms with Crippen LogP contribution in [0.1, 0.15) is 13.8 Å². The predicted octanol–water partition coefficient (Wildman–Crippen LogP) is -0.533. The first-order chi connectivity index (χ1) is 3.68. The second kappa shape index (κ2) is 3.83. The molecule has 0 spiro atoms. The molecule has 0 aliphatic heterocycles. The Morgan fingerprint density at radius 1 is 1.62 bits per heavy atom. The van der Waals surface area contributed by atoms with Crippen molar-refractivity contribution in [2.45, 2.75) is 20.0 Å². The van der Waals surface area contributed by atoms with Crippen LogP contribution in [-0.2, 0) is 0 Å². The molecule has 0 bridgehead atoms. The molecule has 50 valence electrons. The average Bonchev–Trinajstić information content (AvgIpc) is 1.67. The van der Waals surface area contributed by atoms with Crippen LogP contribution in [0.3, 0.4) is 0 Å². The molecule has 3 nitrogen and oxygen atoms in total. The molecule has 4 N–H and O–H groups in total. The van der Waals surface area contributed by atoms with E-state index >= 15 is 0 Å². The predicted molar refractivity (Wildman–Crippen MR) is 33.0 cm³/mol. The van der Waals surface area contributed by atoms with E-state index in [0.717, 1.165) is 0 Å². The Labute approximate surface area is 49.9 Å². The van der Waals surface area contributed by atoms with Crippen LogP contribution in [-0.4, -0.2) is 17.8 Å². The highest BCUT2D eigenvalue weighted by atomic mass is 16.3. The van der Waals surface area contributed by atoms with Gasteiger partial charge in [0.1, 0.15) is 0 Å². The van der Waals surface area contributed by atoms with Gasteiger partial charge in [-0.1, -0.05) is 6.92 Å². The van der Waals surface area contributed by atoms with Gasteiger partial charge >= 0.3 is 0 Å². The standard InChI is InChI=1S/C5H14N2O/c1-4(3-7-6)5(2)8/h4-5,7-8H,3,6H2,1-2H3/t4-,5?/m0/s1. The van der Waals surface area contributed by atoms with Crippen LogP contribution in [0.15, 0.2) is 0 Å². The minimum atomic E-state index is -0.272. The molecular weight excluding hydrogens is 104 g/mol. The third kappa shape index (κ3) is 2.96. The number of aliphatic hydroxyl groups excluding tert-OH is 1. The van der Waals surface area contributed by atoms with Gasteiger partial charge < -0.3 is 5.11 Å². The summed E-state index contributed by atoms with van der Waals surface area (Å²) in [5.74, 6) is 5.24. The van der Waals surface area contributed by atoms with Crippen molar-refractivity contribution in [2.75, 3.05) is 6.54 Å². The quantitative estimate of drug-likeness (QED) is 0.345. The summed E-state index contributed by atoms with van der Waals surface area (Å²) in [7, 11) is 0. The first-order valence-corrected chi connectivity index (χ1v) is 2.80. The summed E-state index contributed by atoms with van der Waals surface area (Å²) in [5, 5.41) is 8.86. The van der Waals surface area contributed by atoms with E-state index in [1.807, 2.05) is 6.92 Å². The summed E-state index contributed by atoms with van der Waals surface area (Å²) in [5.41, 5.74) is 2.49. The molecule has 0 heterocycles. The Morgan fingerprint density at radius 2 is 2.12 bits per heavy atom. The number of nitrogens with two attached hydrogens (primary N) is 1. The fourth-order valence-electron chi connectivity index (χ4n) is 0.356. The van der Waals surface area contributed by atoms with Crippen molar-refractivity contribution in [2.24, 2.45) is 11.8 Å². The van der Waals surface area contributed by atoms with Gasteiger partial charge in [-0.15, -0.1) is 0 Å². The van der Waals surface area contributed by atoms with Crippen LogP contribution in [0, 0.1) is 5.92 Å². The number of nitrogens with one attached hydrogen (secondary N) is 1. The third-order valence-corrected chi connectivity index (χ3v) is 1.26. The zero-order valence-electron chi connectivity index (χ0n) is 5.39. The molecule has 0 fully saturated rings. The fourth-order valence-corrected chi connectivity index (χ4v) is 0.356. The molecule has 0 radical (unpaired) electrons. The molecule has 0 saturated carbocycles. The highest BCUT2D eigenvalue weighted by Gasteiger charge is 2.05. The molecule has 0 aliphatic carbocycles. The Hall–Kier alpha value is -0.120. The molecule has 0 aromatic rings. The number of hydrogen-bond donors (Lipinski definition) is 3. The van der Waals surface area contributed by atoms with E-state index < -0.39 is 0 Å². The zero-order chi connectivity index (χ0) is 6.57. The summed E-state index contributed by atoms with van der Waals surface area (Å²) in [6.45, 7) is 4.35. The van der Waals surface area contributed by atoms with E-state index in [-0.39, 0.29) is 12.0 Å². The Bertz CT molecular complexity index is 56.4. The lowest BCUT2D eigenvalue weighted by molar-refractivity contribution is 0.134. The highest BCUT2D eigenvalue weighted by Crippen LogP contribution is 1.97. The van der Waals surface area contributed by atoms with Gasteiger partial charge in [0.25, 0.3) is 0 Å². The van der Waals surface area contributed by atoms with Crippen molar-refractivity contribution in [3.05, 3.63) is 0 Å². The zero-order valence-corrected chi connectivity index (χ0v) is 5.39. The van der Waals surface area contributed by atoms with E-state index in [1.54, 1.807) is 6.92 Å². The Morgan fingerprint density at radius 3 is 2.25 bits per heavy atom. The molecule has 0 saturated heterocycles. The van der Waals surface area contributed by atoms with Gasteiger partial charge in [-0.05, 0) is 12.8 Å². The lowest BCUT2D eigenvalue weighted by Gasteiger charge is -2.12. The summed E-state index contributed by atoms with van der Waals surface area (Å²) in [6.07, 6.45) is -0.272. The summed E-state index contributed by atoms with van der Waals surface area (Å²) < 4.78 is 0. The van der Waals surface area contributed by atoms with Gasteiger partial charge in [0.15, 0.2) is 0 Å². The van der Waals surface area contributed by atoms with E-state index in [2.05, 4.69) is 5.43 Å². The van der Waals surface area contributed by atoms with E-state index in [0.29, 0.717) is 6.54 Å². The van der Waals surface area contributed by atoms with Crippen LogP contribution >= 0.6 is 0 Å². The monoisotopic (exact) mass is 118 g/mol. The molecule has 2 atom stereocenters. The first kappa shape index (κ1) is 7.88. The van der Waals surface area contributed by atoms with Gasteiger partial charge in [-0.25, -0.2) is 0 Å². The molecule has 0 rings (SSSR count).